The molecule has 1 aromatic carbocycles. The minimum Gasteiger partial charge on any atom is -0.423 e. The second-order valence-corrected chi connectivity index (χ2v) is 3.32. The van der Waals surface area contributed by atoms with E-state index in [0.717, 1.165) is 10.9 Å². The van der Waals surface area contributed by atoms with Crippen molar-refractivity contribution in [2.75, 3.05) is 0 Å². The minimum atomic E-state index is -0.414. The van der Waals surface area contributed by atoms with Crippen molar-refractivity contribution < 1.29 is 4.42 Å². The fraction of sp³-hybridized carbons (Fsp3) is 0.100. The van der Waals surface area contributed by atoms with Crippen LogP contribution < -0.4 is 5.63 Å². The topological polar surface area (TPSA) is 30.2 Å². The molecule has 1 aromatic heterocycles. The summed E-state index contributed by atoms with van der Waals surface area (Å²) in [5.74, 6) is 0. The van der Waals surface area contributed by atoms with E-state index >= 15 is 0 Å². The second kappa shape index (κ2) is 2.89. The van der Waals surface area contributed by atoms with E-state index < -0.39 is 5.63 Å². The molecular formula is C10H7ClO2. The zero-order valence-corrected chi connectivity index (χ0v) is 7.76. The summed E-state index contributed by atoms with van der Waals surface area (Å²) in [4.78, 5) is 11.0. The monoisotopic (exact) mass is 194 g/mol. The van der Waals surface area contributed by atoms with Gasteiger partial charge in [0.2, 0.25) is 0 Å². The van der Waals surface area contributed by atoms with Crippen LogP contribution in [0.15, 0.2) is 33.5 Å². The summed E-state index contributed by atoms with van der Waals surface area (Å²) in [5, 5.41) is 1.21. The van der Waals surface area contributed by atoms with E-state index in [0.29, 0.717) is 10.6 Å². The molecule has 2 nitrogen and oxygen atoms in total. The first-order valence-corrected chi connectivity index (χ1v) is 4.24. The molecule has 13 heavy (non-hydrogen) atoms. The number of hydrogen-bond acceptors (Lipinski definition) is 2. The van der Waals surface area contributed by atoms with Crippen molar-refractivity contribution in [1.82, 2.24) is 0 Å². The third kappa shape index (κ3) is 1.45. The third-order valence-electron chi connectivity index (χ3n) is 1.85. The van der Waals surface area contributed by atoms with Gasteiger partial charge < -0.3 is 4.42 Å². The normalized spacial score (nSPS) is 10.6. The lowest BCUT2D eigenvalue weighted by atomic mass is 10.2. The van der Waals surface area contributed by atoms with E-state index in [1.54, 1.807) is 6.07 Å². The number of halogens is 1. The van der Waals surface area contributed by atoms with E-state index in [9.17, 15) is 4.79 Å². The van der Waals surface area contributed by atoms with E-state index in [2.05, 4.69) is 0 Å². The molecule has 0 spiro atoms. The van der Waals surface area contributed by atoms with Crippen molar-refractivity contribution in [3.05, 3.63) is 45.3 Å². The Kier molecular flexibility index (Phi) is 1.85. The highest BCUT2D eigenvalue weighted by molar-refractivity contribution is 6.35. The van der Waals surface area contributed by atoms with Crippen LogP contribution in [0.4, 0.5) is 0 Å². The highest BCUT2D eigenvalue weighted by atomic mass is 35.5. The lowest BCUT2D eigenvalue weighted by Crippen LogP contribution is -1.95. The zero-order valence-electron chi connectivity index (χ0n) is 7.00. The van der Waals surface area contributed by atoms with Gasteiger partial charge in [0, 0.05) is 11.5 Å². The number of rotatable bonds is 0. The van der Waals surface area contributed by atoms with Crippen LogP contribution in [0, 0.1) is 6.92 Å². The van der Waals surface area contributed by atoms with Gasteiger partial charge in [0.05, 0.1) is 5.02 Å². The molecule has 0 aliphatic heterocycles. The van der Waals surface area contributed by atoms with E-state index in [-0.39, 0.29) is 0 Å². The Morgan fingerprint density at radius 3 is 2.85 bits per heavy atom. The van der Waals surface area contributed by atoms with Crippen LogP contribution in [0.5, 0.6) is 0 Å². The predicted octanol–water partition coefficient (Wildman–Crippen LogP) is 2.75. The fourth-order valence-corrected chi connectivity index (χ4v) is 1.48. The van der Waals surface area contributed by atoms with Gasteiger partial charge in [-0.15, -0.1) is 0 Å². The third-order valence-corrected chi connectivity index (χ3v) is 2.16. The average Bonchev–Trinajstić information content (AvgIpc) is 2.02. The number of aryl methyl sites for hydroxylation is 1. The van der Waals surface area contributed by atoms with Gasteiger partial charge in [0.25, 0.3) is 0 Å². The Bertz CT molecular complexity index is 514. The molecule has 0 N–H and O–H groups in total. The summed E-state index contributed by atoms with van der Waals surface area (Å²) in [6, 6.07) is 6.84. The molecule has 0 saturated carbocycles. The van der Waals surface area contributed by atoms with Crippen molar-refractivity contribution >= 4 is 22.6 Å². The SMILES string of the molecule is Cc1ccc2c(Cl)cc(=O)oc2c1. The highest BCUT2D eigenvalue weighted by Gasteiger charge is 2.02. The molecule has 0 bridgehead atoms. The molecule has 1 heterocycles. The maximum Gasteiger partial charge on any atom is 0.337 e. The van der Waals surface area contributed by atoms with Crippen LogP contribution in [0.1, 0.15) is 5.56 Å². The fourth-order valence-electron chi connectivity index (χ4n) is 1.23. The molecular weight excluding hydrogens is 188 g/mol. The van der Waals surface area contributed by atoms with Gasteiger partial charge in [-0.05, 0) is 24.6 Å². The first-order chi connectivity index (χ1) is 6.16. The largest absolute Gasteiger partial charge is 0.423 e. The Hall–Kier alpha value is -1.28. The summed E-state index contributed by atoms with van der Waals surface area (Å²) in [6.07, 6.45) is 0. The van der Waals surface area contributed by atoms with Crippen molar-refractivity contribution in [1.29, 1.82) is 0 Å². The van der Waals surface area contributed by atoms with E-state index in [1.165, 1.54) is 6.07 Å². The van der Waals surface area contributed by atoms with Crippen LogP contribution in [0.3, 0.4) is 0 Å². The number of fused-ring (bicyclic) bond motifs is 1. The van der Waals surface area contributed by atoms with Gasteiger partial charge in [-0.25, -0.2) is 4.79 Å². The standard InChI is InChI=1S/C10H7ClO2/c1-6-2-3-7-8(11)5-10(12)13-9(7)4-6/h2-5H,1H3. The Balaban J connectivity index is 2.94. The molecule has 0 fully saturated rings. The van der Waals surface area contributed by atoms with Crippen molar-refractivity contribution in [3.8, 4) is 0 Å². The summed E-state index contributed by atoms with van der Waals surface area (Å²) in [7, 11) is 0. The molecule has 0 saturated heterocycles. The molecule has 2 rings (SSSR count). The van der Waals surface area contributed by atoms with Crippen molar-refractivity contribution in [2.24, 2.45) is 0 Å². The van der Waals surface area contributed by atoms with Crippen LogP contribution >= 0.6 is 11.6 Å². The lowest BCUT2D eigenvalue weighted by Gasteiger charge is -1.98. The molecule has 0 radical (unpaired) electrons. The van der Waals surface area contributed by atoms with Crippen molar-refractivity contribution in [2.45, 2.75) is 6.92 Å². The average molecular weight is 195 g/mol. The quantitative estimate of drug-likeness (QED) is 0.604. The van der Waals surface area contributed by atoms with Gasteiger partial charge in [-0.3, -0.25) is 0 Å². The molecule has 3 heteroatoms. The van der Waals surface area contributed by atoms with Gasteiger partial charge in [-0.1, -0.05) is 17.7 Å². The molecule has 2 aromatic rings. The van der Waals surface area contributed by atoms with Gasteiger partial charge in [-0.2, -0.15) is 0 Å². The smallest absolute Gasteiger partial charge is 0.337 e. The molecule has 0 aliphatic carbocycles. The zero-order chi connectivity index (χ0) is 9.42. The van der Waals surface area contributed by atoms with Crippen LogP contribution in [0.2, 0.25) is 5.02 Å². The molecule has 66 valence electrons. The summed E-state index contributed by atoms with van der Waals surface area (Å²) < 4.78 is 4.98. The molecule has 0 aliphatic rings. The van der Waals surface area contributed by atoms with Crippen LogP contribution in [0.25, 0.3) is 11.0 Å². The van der Waals surface area contributed by atoms with E-state index in [1.807, 2.05) is 19.1 Å². The maximum absolute atomic E-state index is 11.0. The summed E-state index contributed by atoms with van der Waals surface area (Å²) in [6.45, 7) is 1.93. The Morgan fingerprint density at radius 2 is 2.08 bits per heavy atom. The van der Waals surface area contributed by atoms with Crippen LogP contribution in [-0.2, 0) is 0 Å². The Labute approximate surface area is 79.7 Å². The van der Waals surface area contributed by atoms with Gasteiger partial charge >= 0.3 is 5.63 Å². The first-order valence-electron chi connectivity index (χ1n) is 3.87. The molecule has 0 amide bonds. The summed E-state index contributed by atoms with van der Waals surface area (Å²) >= 11 is 5.85. The van der Waals surface area contributed by atoms with Crippen molar-refractivity contribution in [3.63, 3.8) is 0 Å². The number of benzene rings is 1. The Morgan fingerprint density at radius 1 is 1.31 bits per heavy atom. The summed E-state index contributed by atoms with van der Waals surface area (Å²) in [5.41, 5.74) is 1.17. The first kappa shape index (κ1) is 8.32. The number of hydrogen-bond donors (Lipinski definition) is 0. The lowest BCUT2D eigenvalue weighted by molar-refractivity contribution is 0.561. The van der Waals surface area contributed by atoms with E-state index in [4.69, 9.17) is 16.0 Å². The second-order valence-electron chi connectivity index (χ2n) is 2.91. The highest BCUT2D eigenvalue weighted by Crippen LogP contribution is 2.21. The van der Waals surface area contributed by atoms with Gasteiger partial charge in [0.15, 0.2) is 0 Å². The predicted molar refractivity (Wildman–Crippen MR) is 52.2 cm³/mol. The van der Waals surface area contributed by atoms with Crippen LogP contribution in [-0.4, -0.2) is 0 Å². The molecule has 0 unspecified atom stereocenters. The van der Waals surface area contributed by atoms with Gasteiger partial charge in [0.1, 0.15) is 5.58 Å². The minimum absolute atomic E-state index is 0.414. The molecule has 0 atom stereocenters. The maximum atomic E-state index is 11.0.